The van der Waals surface area contributed by atoms with Gasteiger partial charge in [0, 0.05) is 18.5 Å². The highest BCUT2D eigenvalue weighted by Gasteiger charge is 2.34. The van der Waals surface area contributed by atoms with Crippen LogP contribution in [0.5, 0.6) is 5.75 Å². The number of ether oxygens (including phenoxy) is 1. The van der Waals surface area contributed by atoms with Crippen LogP contribution in [0.4, 0.5) is 0 Å². The maximum Gasteiger partial charge on any atom is 0.225 e. The number of Topliss-reactive ketones (excluding diaryl/α,β-unsaturated/α-hetero) is 1. The Morgan fingerprint density at radius 2 is 2.04 bits per heavy atom. The molecule has 1 fully saturated rings. The molecule has 1 aromatic carbocycles. The summed E-state index contributed by atoms with van der Waals surface area (Å²) in [5, 5.41) is 2.63. The molecule has 1 unspecified atom stereocenters. The third-order valence-corrected chi connectivity index (χ3v) is 4.35. The maximum atomic E-state index is 12.3. The van der Waals surface area contributed by atoms with E-state index in [1.165, 1.54) is 0 Å². The van der Waals surface area contributed by atoms with Crippen LogP contribution in [-0.2, 0) is 16.1 Å². The second kappa shape index (κ2) is 7.86. The molecule has 0 radical (unpaired) electrons. The van der Waals surface area contributed by atoms with Gasteiger partial charge in [0.25, 0.3) is 0 Å². The Bertz CT molecular complexity index is 783. The number of nitrogens with one attached hydrogen (secondary N) is 1. The van der Waals surface area contributed by atoms with E-state index < -0.39 is 5.92 Å². The van der Waals surface area contributed by atoms with E-state index in [-0.39, 0.29) is 30.6 Å². The lowest BCUT2D eigenvalue weighted by Gasteiger charge is -2.15. The number of hydrogen-bond acceptors (Lipinski definition) is 5. The number of hydrogen-bond donors (Lipinski definition) is 1. The second-order valence-corrected chi connectivity index (χ2v) is 6.12. The van der Waals surface area contributed by atoms with E-state index in [4.69, 9.17) is 9.15 Å². The summed E-state index contributed by atoms with van der Waals surface area (Å²) < 4.78 is 10.3. The minimum Gasteiger partial charge on any atom is -0.497 e. The molecule has 1 aromatic heterocycles. The Morgan fingerprint density at radius 1 is 1.27 bits per heavy atom. The normalized spacial score (nSPS) is 16.6. The minimum atomic E-state index is -0.457. The molecule has 7 nitrogen and oxygen atoms in total. The van der Waals surface area contributed by atoms with Gasteiger partial charge in [-0.15, -0.1) is 0 Å². The molecular formula is C19H20N2O5. The van der Waals surface area contributed by atoms with Crippen LogP contribution in [0.2, 0.25) is 0 Å². The van der Waals surface area contributed by atoms with Crippen LogP contribution in [0.1, 0.15) is 22.5 Å². The van der Waals surface area contributed by atoms with Crippen molar-refractivity contribution in [3.05, 3.63) is 54.0 Å². The SMILES string of the molecule is COc1ccc(C(=O)CNC(=O)C2CC(=O)N(Cc3ccco3)C2)cc1. The minimum absolute atomic E-state index is 0.0944. The van der Waals surface area contributed by atoms with Gasteiger partial charge in [-0.05, 0) is 36.4 Å². The average molecular weight is 356 g/mol. The Kier molecular flexibility index (Phi) is 5.36. The van der Waals surface area contributed by atoms with Crippen molar-refractivity contribution >= 4 is 17.6 Å². The summed E-state index contributed by atoms with van der Waals surface area (Å²) in [4.78, 5) is 38.1. The van der Waals surface area contributed by atoms with Gasteiger partial charge in [0.15, 0.2) is 5.78 Å². The number of furan rings is 1. The van der Waals surface area contributed by atoms with E-state index in [1.807, 2.05) is 0 Å². The zero-order valence-electron chi connectivity index (χ0n) is 14.4. The molecule has 26 heavy (non-hydrogen) atoms. The summed E-state index contributed by atoms with van der Waals surface area (Å²) in [5.41, 5.74) is 0.494. The Balaban J connectivity index is 1.50. The highest BCUT2D eigenvalue weighted by molar-refractivity contribution is 6.00. The van der Waals surface area contributed by atoms with Gasteiger partial charge in [0.2, 0.25) is 11.8 Å². The van der Waals surface area contributed by atoms with Gasteiger partial charge in [-0.2, -0.15) is 0 Å². The molecule has 1 saturated heterocycles. The Hall–Kier alpha value is -3.09. The molecular weight excluding hydrogens is 336 g/mol. The molecule has 7 heteroatoms. The highest BCUT2D eigenvalue weighted by Crippen LogP contribution is 2.20. The summed E-state index contributed by atoms with van der Waals surface area (Å²) in [6.45, 7) is 0.566. The summed E-state index contributed by atoms with van der Waals surface area (Å²) >= 11 is 0. The number of amides is 2. The summed E-state index contributed by atoms with van der Waals surface area (Å²) in [6.07, 6.45) is 1.69. The van der Waals surface area contributed by atoms with Crippen molar-refractivity contribution in [3.8, 4) is 5.75 Å². The number of rotatable bonds is 7. The van der Waals surface area contributed by atoms with E-state index in [1.54, 1.807) is 54.7 Å². The van der Waals surface area contributed by atoms with Gasteiger partial charge in [0.1, 0.15) is 11.5 Å². The fourth-order valence-corrected chi connectivity index (χ4v) is 2.88. The maximum absolute atomic E-state index is 12.3. The molecule has 0 saturated carbocycles. The molecule has 1 atom stereocenters. The van der Waals surface area contributed by atoms with E-state index in [2.05, 4.69) is 5.32 Å². The van der Waals surface area contributed by atoms with Crippen molar-refractivity contribution in [2.24, 2.45) is 5.92 Å². The zero-order valence-corrected chi connectivity index (χ0v) is 14.4. The molecule has 0 aliphatic carbocycles. The number of benzene rings is 1. The molecule has 1 aliphatic rings. The average Bonchev–Trinajstić information content (AvgIpc) is 3.30. The number of carbonyl (C=O) groups is 3. The highest BCUT2D eigenvalue weighted by atomic mass is 16.5. The lowest BCUT2D eigenvalue weighted by Crippen LogP contribution is -2.36. The number of likely N-dealkylation sites (tertiary alicyclic amines) is 1. The van der Waals surface area contributed by atoms with Crippen LogP contribution < -0.4 is 10.1 Å². The van der Waals surface area contributed by atoms with Crippen LogP contribution in [0, 0.1) is 5.92 Å². The van der Waals surface area contributed by atoms with Gasteiger partial charge in [-0.25, -0.2) is 0 Å². The van der Waals surface area contributed by atoms with Crippen molar-refractivity contribution in [2.75, 3.05) is 20.2 Å². The van der Waals surface area contributed by atoms with Crippen LogP contribution >= 0.6 is 0 Å². The van der Waals surface area contributed by atoms with Gasteiger partial charge >= 0.3 is 0 Å². The van der Waals surface area contributed by atoms with Crippen molar-refractivity contribution < 1.29 is 23.5 Å². The van der Waals surface area contributed by atoms with Crippen molar-refractivity contribution in [2.45, 2.75) is 13.0 Å². The molecule has 0 spiro atoms. The second-order valence-electron chi connectivity index (χ2n) is 6.12. The van der Waals surface area contributed by atoms with E-state index in [0.29, 0.717) is 30.2 Å². The smallest absolute Gasteiger partial charge is 0.225 e. The summed E-state index contributed by atoms with van der Waals surface area (Å²) in [7, 11) is 1.55. The van der Waals surface area contributed by atoms with Gasteiger partial charge in [-0.3, -0.25) is 14.4 Å². The number of ketones is 1. The first kappa shape index (κ1) is 17.7. The first-order valence-electron chi connectivity index (χ1n) is 8.32. The van der Waals surface area contributed by atoms with Crippen molar-refractivity contribution in [1.29, 1.82) is 0 Å². The molecule has 2 aromatic rings. The fourth-order valence-electron chi connectivity index (χ4n) is 2.88. The predicted molar refractivity (Wildman–Crippen MR) is 92.6 cm³/mol. The third-order valence-electron chi connectivity index (χ3n) is 4.35. The molecule has 3 rings (SSSR count). The van der Waals surface area contributed by atoms with E-state index >= 15 is 0 Å². The zero-order chi connectivity index (χ0) is 18.5. The molecule has 1 aliphatic heterocycles. The summed E-state index contributed by atoms with van der Waals surface area (Å²) in [5.74, 6) is 0.296. The monoisotopic (exact) mass is 356 g/mol. The standard InChI is InChI=1S/C19H20N2O5/c1-25-15-6-4-13(5-7-15)17(22)10-20-19(24)14-9-18(23)21(11-14)12-16-3-2-8-26-16/h2-8,14H,9-12H2,1H3,(H,20,24). The lowest BCUT2D eigenvalue weighted by atomic mass is 10.1. The van der Waals surface area contributed by atoms with Crippen molar-refractivity contribution in [3.63, 3.8) is 0 Å². The molecule has 0 bridgehead atoms. The van der Waals surface area contributed by atoms with Crippen LogP contribution in [-0.4, -0.2) is 42.7 Å². The predicted octanol–water partition coefficient (Wildman–Crippen LogP) is 1.64. The lowest BCUT2D eigenvalue weighted by molar-refractivity contribution is -0.129. The van der Waals surface area contributed by atoms with Gasteiger partial charge in [-0.1, -0.05) is 0 Å². The number of nitrogens with zero attached hydrogens (tertiary/aromatic N) is 1. The van der Waals surface area contributed by atoms with Crippen molar-refractivity contribution in [1.82, 2.24) is 10.2 Å². The molecule has 2 heterocycles. The summed E-state index contributed by atoms with van der Waals surface area (Å²) in [6, 6.07) is 10.2. The van der Waals surface area contributed by atoms with Crippen LogP contribution in [0.15, 0.2) is 47.1 Å². The van der Waals surface area contributed by atoms with Gasteiger partial charge in [0.05, 0.1) is 32.4 Å². The Morgan fingerprint density at radius 3 is 2.69 bits per heavy atom. The fraction of sp³-hybridized carbons (Fsp3) is 0.316. The van der Waals surface area contributed by atoms with Crippen LogP contribution in [0.3, 0.4) is 0 Å². The quantitative estimate of drug-likeness (QED) is 0.762. The number of carbonyl (C=O) groups excluding carboxylic acids is 3. The van der Waals surface area contributed by atoms with Gasteiger partial charge < -0.3 is 19.4 Å². The Labute approximate surface area is 150 Å². The molecule has 1 N–H and O–H groups in total. The molecule has 136 valence electrons. The third kappa shape index (κ3) is 4.11. The first-order valence-corrected chi connectivity index (χ1v) is 8.32. The van der Waals surface area contributed by atoms with Crippen LogP contribution in [0.25, 0.3) is 0 Å². The van der Waals surface area contributed by atoms with E-state index in [0.717, 1.165) is 0 Å². The number of methoxy groups -OCH3 is 1. The molecule has 2 amide bonds. The largest absolute Gasteiger partial charge is 0.497 e. The topological polar surface area (TPSA) is 88.8 Å². The van der Waals surface area contributed by atoms with E-state index in [9.17, 15) is 14.4 Å². The first-order chi connectivity index (χ1) is 12.6.